The molecule has 0 aromatic rings. The van der Waals surface area contributed by atoms with Crippen LogP contribution in [0.15, 0.2) is 0 Å². The zero-order chi connectivity index (χ0) is 29.6. The van der Waals surface area contributed by atoms with Crippen LogP contribution < -0.4 is 0 Å². The Morgan fingerprint density at radius 2 is 0.778 bits per heavy atom. The van der Waals surface area contributed by atoms with E-state index in [1.165, 1.54) is 0 Å². The van der Waals surface area contributed by atoms with E-state index in [2.05, 4.69) is 8.37 Å². The van der Waals surface area contributed by atoms with Gasteiger partial charge >= 0.3 is 48.4 Å². The van der Waals surface area contributed by atoms with Gasteiger partial charge in [-0.3, -0.25) is 0 Å². The molecule has 0 saturated heterocycles. The zero-order valence-corrected chi connectivity index (χ0v) is 18.1. The van der Waals surface area contributed by atoms with Crippen molar-refractivity contribution in [2.45, 2.75) is 61.6 Å². The van der Waals surface area contributed by atoms with Crippen LogP contribution in [0.4, 0.5) is 70.2 Å². The van der Waals surface area contributed by atoms with E-state index >= 15 is 0 Å². The molecule has 24 heteroatoms. The Labute approximate surface area is 189 Å². The molecule has 0 radical (unpaired) electrons. The van der Waals surface area contributed by atoms with E-state index in [1.54, 1.807) is 0 Å². The average molecular weight is 618 g/mol. The van der Waals surface area contributed by atoms with E-state index in [0.717, 1.165) is 0 Å². The molecular formula is C12H10F16O6S2. The molecule has 0 unspecified atom stereocenters. The first kappa shape index (κ1) is 34.7. The number of rotatable bonds is 14. The van der Waals surface area contributed by atoms with E-state index in [4.69, 9.17) is 0 Å². The molecule has 0 saturated carbocycles. The van der Waals surface area contributed by atoms with E-state index in [0.29, 0.717) is 0 Å². The summed E-state index contributed by atoms with van der Waals surface area (Å²) in [5.74, 6) is -48.2. The van der Waals surface area contributed by atoms with Crippen molar-refractivity contribution in [2.75, 3.05) is 11.5 Å². The topological polar surface area (TPSA) is 86.7 Å². The monoisotopic (exact) mass is 618 g/mol. The van der Waals surface area contributed by atoms with Crippen LogP contribution in [0.1, 0.15) is 6.92 Å². The van der Waals surface area contributed by atoms with E-state index in [1.807, 2.05) is 0 Å². The fraction of sp³-hybridized carbons (Fsp3) is 1.00. The summed E-state index contributed by atoms with van der Waals surface area (Å²) in [6, 6.07) is 0. The van der Waals surface area contributed by atoms with Crippen LogP contribution in [0, 0.1) is 0 Å². The van der Waals surface area contributed by atoms with Crippen molar-refractivity contribution in [3.8, 4) is 0 Å². The Morgan fingerprint density at radius 1 is 0.556 bits per heavy atom. The molecule has 218 valence electrons. The molecule has 36 heavy (non-hydrogen) atoms. The molecule has 0 aliphatic carbocycles. The maximum absolute atomic E-state index is 13.4. The van der Waals surface area contributed by atoms with Gasteiger partial charge in [0.15, 0.2) is 6.29 Å². The highest BCUT2D eigenvalue weighted by atomic mass is 32.2. The Morgan fingerprint density at radius 3 is 0.972 bits per heavy atom. The van der Waals surface area contributed by atoms with Gasteiger partial charge in [-0.1, -0.05) is 0 Å². The minimum absolute atomic E-state index is 0.0802. The molecule has 0 rings (SSSR count). The molecule has 0 spiro atoms. The zero-order valence-electron chi connectivity index (χ0n) is 16.5. The fourth-order valence-corrected chi connectivity index (χ4v) is 4.22. The Balaban J connectivity index is 5.69. The molecule has 0 aliphatic rings. The number of hydrogen-bond donors (Lipinski definition) is 0. The van der Waals surface area contributed by atoms with Crippen LogP contribution in [0.3, 0.4) is 0 Å². The first-order valence-corrected chi connectivity index (χ1v) is 11.2. The van der Waals surface area contributed by atoms with Crippen molar-refractivity contribution in [3.05, 3.63) is 0 Å². The van der Waals surface area contributed by atoms with Gasteiger partial charge in [-0.05, 0) is 6.92 Å². The summed E-state index contributed by atoms with van der Waals surface area (Å²) in [6.07, 6.45) is -14.2. The summed E-state index contributed by atoms with van der Waals surface area (Å²) in [6.45, 7) is -0.0802. The molecule has 6 nitrogen and oxygen atoms in total. The van der Waals surface area contributed by atoms with Crippen LogP contribution in [0.5, 0.6) is 0 Å². The number of halogens is 16. The minimum Gasteiger partial charge on any atom is -0.237 e. The van der Waals surface area contributed by atoms with Gasteiger partial charge in [0.05, 0.1) is 0 Å². The maximum Gasteiger partial charge on any atom is 0.379 e. The predicted molar refractivity (Wildman–Crippen MR) is 80.9 cm³/mol. The van der Waals surface area contributed by atoms with Gasteiger partial charge in [-0.2, -0.15) is 69.5 Å². The number of hydrogen-bond acceptors (Lipinski definition) is 6. The van der Waals surface area contributed by atoms with Crippen molar-refractivity contribution in [3.63, 3.8) is 0 Å². The average Bonchev–Trinajstić information content (AvgIpc) is 2.57. The van der Waals surface area contributed by atoms with E-state index < -0.39 is 86.4 Å². The Kier molecular flexibility index (Phi) is 9.75. The molecule has 0 aromatic carbocycles. The lowest BCUT2D eigenvalue weighted by molar-refractivity contribution is -0.332. The van der Waals surface area contributed by atoms with Crippen molar-refractivity contribution in [2.24, 2.45) is 0 Å². The summed E-state index contributed by atoms with van der Waals surface area (Å²) in [4.78, 5) is 0. The van der Waals surface area contributed by atoms with Gasteiger partial charge in [-0.15, -0.1) is 0 Å². The lowest BCUT2D eigenvalue weighted by atomic mass is 10.1. The lowest BCUT2D eigenvalue weighted by Crippen LogP contribution is -2.60. The van der Waals surface area contributed by atoms with Gasteiger partial charge in [-0.25, -0.2) is 25.9 Å². The molecule has 0 N–H and O–H groups in total. The molecule has 0 aliphatic heterocycles. The quantitative estimate of drug-likeness (QED) is 0.163. The van der Waals surface area contributed by atoms with Crippen molar-refractivity contribution in [1.82, 2.24) is 0 Å². The highest BCUT2D eigenvalue weighted by Crippen LogP contribution is 2.50. The predicted octanol–water partition coefficient (Wildman–Crippen LogP) is 4.37. The standard InChI is InChI=1S/C12H10F16O6S2/c1-4(33-35(29,30)2-7(17,18)11(25,26)9(21,22)5(13)14)34-36(31,32)3-8(19,20)12(27,28)10(23,24)6(15)16/h4-6H,2-3H2,1H3. The van der Waals surface area contributed by atoms with Crippen LogP contribution >= 0.6 is 0 Å². The SMILES string of the molecule is CC(OS(=O)(=O)CC(F)(F)C(F)(F)C(F)(F)C(F)F)OS(=O)(=O)CC(F)(F)C(F)(F)C(F)(F)C(F)F. The second-order valence-corrected chi connectivity index (χ2v) is 9.76. The van der Waals surface area contributed by atoms with Gasteiger partial charge in [0.1, 0.15) is 11.5 Å². The van der Waals surface area contributed by atoms with Crippen molar-refractivity contribution >= 4 is 20.2 Å². The molecule has 0 bridgehead atoms. The van der Waals surface area contributed by atoms with Crippen LogP contribution in [-0.4, -0.2) is 83.0 Å². The van der Waals surface area contributed by atoms with Gasteiger partial charge < -0.3 is 0 Å². The van der Waals surface area contributed by atoms with Gasteiger partial charge in [0.25, 0.3) is 20.2 Å². The first-order valence-electron chi connectivity index (χ1n) is 8.05. The third-order valence-electron chi connectivity index (χ3n) is 3.58. The largest absolute Gasteiger partial charge is 0.379 e. The Bertz CT molecular complexity index is 900. The maximum atomic E-state index is 13.4. The molecule has 0 fully saturated rings. The second kappa shape index (κ2) is 10.1. The van der Waals surface area contributed by atoms with E-state index in [9.17, 15) is 87.1 Å². The van der Waals surface area contributed by atoms with Crippen LogP contribution in [-0.2, 0) is 28.6 Å². The summed E-state index contributed by atoms with van der Waals surface area (Å²) < 4.78 is 257. The van der Waals surface area contributed by atoms with Crippen LogP contribution in [0.2, 0.25) is 0 Å². The smallest absolute Gasteiger partial charge is 0.237 e. The third kappa shape index (κ3) is 6.96. The van der Waals surface area contributed by atoms with Crippen molar-refractivity contribution in [1.29, 1.82) is 0 Å². The highest BCUT2D eigenvalue weighted by molar-refractivity contribution is 7.87. The van der Waals surface area contributed by atoms with E-state index in [-0.39, 0.29) is 6.92 Å². The molecular weight excluding hydrogens is 608 g/mol. The summed E-state index contributed by atoms with van der Waals surface area (Å²) in [5, 5.41) is 0. The number of alkyl halides is 16. The Hall–Kier alpha value is -1.30. The summed E-state index contributed by atoms with van der Waals surface area (Å²) in [5.41, 5.74) is 0. The second-order valence-electron chi connectivity index (χ2n) is 6.57. The molecule has 0 heterocycles. The fourth-order valence-electron chi connectivity index (χ4n) is 1.88. The highest BCUT2D eigenvalue weighted by Gasteiger charge is 2.77. The molecule has 0 aromatic heterocycles. The molecule has 0 amide bonds. The lowest BCUT2D eigenvalue weighted by Gasteiger charge is -2.32. The summed E-state index contributed by atoms with van der Waals surface area (Å²) in [7, 11) is -12.9. The summed E-state index contributed by atoms with van der Waals surface area (Å²) >= 11 is 0. The first-order chi connectivity index (χ1) is 15.4. The normalized spacial score (nSPS) is 15.9. The molecule has 0 atom stereocenters. The van der Waals surface area contributed by atoms with Crippen LogP contribution in [0.25, 0.3) is 0 Å². The minimum atomic E-state index is -7.09. The van der Waals surface area contributed by atoms with Crippen molar-refractivity contribution < 1.29 is 95.4 Å². The van der Waals surface area contributed by atoms with Gasteiger partial charge in [0, 0.05) is 0 Å². The third-order valence-corrected chi connectivity index (χ3v) is 6.15. The van der Waals surface area contributed by atoms with Gasteiger partial charge in [0.2, 0.25) is 0 Å².